The van der Waals surface area contributed by atoms with E-state index in [4.69, 9.17) is 4.74 Å². The number of hydrogen-bond acceptors (Lipinski definition) is 4. The van der Waals surface area contributed by atoms with E-state index in [0.29, 0.717) is 28.1 Å². The molecule has 10 atom stereocenters. The first-order chi connectivity index (χ1) is 21.6. The fraction of sp³-hybridized carbons (Fsp3) is 0.905. The Morgan fingerprint density at radius 3 is 2.15 bits per heavy atom. The maximum atomic E-state index is 13.3. The van der Waals surface area contributed by atoms with Crippen molar-refractivity contribution in [3.05, 3.63) is 12.2 Å². The van der Waals surface area contributed by atoms with Crippen LogP contribution in [-0.4, -0.2) is 48.2 Å². The van der Waals surface area contributed by atoms with E-state index in [1.165, 1.54) is 69.9 Å². The summed E-state index contributed by atoms with van der Waals surface area (Å²) in [4.78, 5) is 27.2. The van der Waals surface area contributed by atoms with Gasteiger partial charge < -0.3 is 14.7 Å². The van der Waals surface area contributed by atoms with Gasteiger partial charge in [-0.1, -0.05) is 74.5 Å². The summed E-state index contributed by atoms with van der Waals surface area (Å²) < 4.78 is 6.35. The largest absolute Gasteiger partial charge is 0.481 e. The lowest BCUT2D eigenvalue weighted by molar-refractivity contribution is -0.282. The van der Waals surface area contributed by atoms with Crippen LogP contribution in [0.3, 0.4) is 0 Å². The fourth-order valence-electron chi connectivity index (χ4n) is 13.7. The van der Waals surface area contributed by atoms with Crippen LogP contribution in [0.2, 0.25) is 0 Å². The lowest BCUT2D eigenvalue weighted by Crippen LogP contribution is -2.70. The molecule has 0 saturated heterocycles. The normalized spacial score (nSPS) is 44.1. The molecular weight excluding hydrogens is 582 g/mol. The van der Waals surface area contributed by atoms with Crippen molar-refractivity contribution < 1.29 is 19.4 Å². The van der Waals surface area contributed by atoms with E-state index >= 15 is 0 Å². The highest BCUT2D eigenvalue weighted by Gasteiger charge is 2.73. The SMILES string of the molecule is C=C(C)C1CC[C@]2(CCN(C)CC)CC[C@]3(C)[C@H](CCC4[C@@]5(C)CC[C@H](OC(=O)CC(C)(C)CC(=O)O)C(C)(C)C5(C)CC[C@]43C)C12. The van der Waals surface area contributed by atoms with Crippen LogP contribution in [-0.2, 0) is 14.3 Å². The Bertz CT molecular complexity index is 1240. The van der Waals surface area contributed by atoms with Gasteiger partial charge in [-0.2, -0.15) is 0 Å². The molecule has 0 aromatic rings. The number of aliphatic carboxylic acids is 1. The predicted octanol–water partition coefficient (Wildman–Crippen LogP) is 10.2. The Labute approximate surface area is 288 Å². The van der Waals surface area contributed by atoms with Gasteiger partial charge in [-0.05, 0) is 154 Å². The van der Waals surface area contributed by atoms with Crippen LogP contribution in [0.4, 0.5) is 0 Å². The molecule has 4 unspecified atom stereocenters. The summed E-state index contributed by atoms with van der Waals surface area (Å²) >= 11 is 0. The first-order valence-corrected chi connectivity index (χ1v) is 19.4. The quantitative estimate of drug-likeness (QED) is 0.188. The zero-order valence-electron chi connectivity index (χ0n) is 32.3. The smallest absolute Gasteiger partial charge is 0.306 e. The minimum atomic E-state index is -0.867. The number of carboxylic acids is 1. The highest BCUT2D eigenvalue weighted by Crippen LogP contribution is 2.80. The maximum absolute atomic E-state index is 13.3. The Morgan fingerprint density at radius 1 is 0.872 bits per heavy atom. The summed E-state index contributed by atoms with van der Waals surface area (Å²) in [7, 11) is 2.30. The number of carbonyl (C=O) groups is 2. The van der Waals surface area contributed by atoms with Crippen molar-refractivity contribution >= 4 is 11.9 Å². The van der Waals surface area contributed by atoms with Crippen molar-refractivity contribution in [2.75, 3.05) is 20.1 Å². The molecule has 0 aromatic carbocycles. The van der Waals surface area contributed by atoms with Crippen molar-refractivity contribution in [1.82, 2.24) is 4.90 Å². The molecular formula is C42H71NO4. The van der Waals surface area contributed by atoms with E-state index < -0.39 is 11.4 Å². The van der Waals surface area contributed by atoms with Gasteiger partial charge in [0.15, 0.2) is 0 Å². The van der Waals surface area contributed by atoms with Gasteiger partial charge in [0, 0.05) is 5.41 Å². The van der Waals surface area contributed by atoms with E-state index in [9.17, 15) is 14.7 Å². The summed E-state index contributed by atoms with van der Waals surface area (Å²) in [6.07, 6.45) is 13.8. The van der Waals surface area contributed by atoms with Crippen LogP contribution < -0.4 is 0 Å². The van der Waals surface area contributed by atoms with E-state index in [-0.39, 0.29) is 41.2 Å². The van der Waals surface area contributed by atoms with Gasteiger partial charge in [0.1, 0.15) is 6.10 Å². The number of allylic oxidation sites excluding steroid dienone is 1. The van der Waals surface area contributed by atoms with E-state index in [1.807, 2.05) is 13.8 Å². The molecule has 0 aromatic heterocycles. The second kappa shape index (κ2) is 12.2. The molecule has 268 valence electrons. The van der Waals surface area contributed by atoms with Crippen LogP contribution in [0.15, 0.2) is 12.2 Å². The van der Waals surface area contributed by atoms with Crippen molar-refractivity contribution in [1.29, 1.82) is 0 Å². The van der Waals surface area contributed by atoms with Crippen LogP contribution in [0.25, 0.3) is 0 Å². The lowest BCUT2D eigenvalue weighted by Gasteiger charge is -2.76. The number of fused-ring (bicyclic) bond motifs is 7. The molecule has 47 heavy (non-hydrogen) atoms. The first-order valence-electron chi connectivity index (χ1n) is 19.4. The summed E-state index contributed by atoms with van der Waals surface area (Å²) in [6, 6.07) is 0. The molecule has 5 fully saturated rings. The van der Waals surface area contributed by atoms with E-state index in [0.717, 1.165) is 31.2 Å². The Kier molecular flexibility index (Phi) is 9.54. The number of hydrogen-bond donors (Lipinski definition) is 1. The average molecular weight is 654 g/mol. The van der Waals surface area contributed by atoms with Crippen LogP contribution >= 0.6 is 0 Å². The number of ether oxygens (including phenoxy) is 1. The number of nitrogens with zero attached hydrogens (tertiary/aromatic N) is 1. The third-order valence-electron chi connectivity index (χ3n) is 17.3. The molecule has 5 rings (SSSR count). The topological polar surface area (TPSA) is 66.8 Å². The molecule has 0 spiro atoms. The number of carboxylic acid groups (broad SMARTS) is 1. The zero-order valence-corrected chi connectivity index (χ0v) is 32.3. The van der Waals surface area contributed by atoms with Crippen molar-refractivity contribution in [2.24, 2.45) is 61.6 Å². The lowest BCUT2D eigenvalue weighted by atomic mass is 9.29. The fourth-order valence-corrected chi connectivity index (χ4v) is 13.7. The minimum absolute atomic E-state index is 0.0309. The molecule has 0 radical (unpaired) electrons. The van der Waals surface area contributed by atoms with Crippen molar-refractivity contribution in [2.45, 2.75) is 159 Å². The second-order valence-corrected chi connectivity index (χ2v) is 20.0. The molecule has 5 nitrogen and oxygen atoms in total. The van der Waals surface area contributed by atoms with Gasteiger partial charge in [-0.3, -0.25) is 9.59 Å². The molecule has 0 aliphatic heterocycles. The number of carbonyl (C=O) groups excluding carboxylic acids is 1. The highest BCUT2D eigenvalue weighted by molar-refractivity contribution is 5.73. The molecule has 5 heteroatoms. The van der Waals surface area contributed by atoms with Crippen LogP contribution in [0.5, 0.6) is 0 Å². The van der Waals surface area contributed by atoms with Gasteiger partial charge in [0.05, 0.1) is 12.8 Å². The number of esters is 1. The Balaban J connectivity index is 1.42. The summed E-state index contributed by atoms with van der Waals surface area (Å²) in [5.41, 5.74) is 1.94. The van der Waals surface area contributed by atoms with Crippen molar-refractivity contribution in [3.63, 3.8) is 0 Å². The summed E-state index contributed by atoms with van der Waals surface area (Å²) in [5.74, 6) is 1.74. The molecule has 5 saturated carbocycles. The maximum Gasteiger partial charge on any atom is 0.306 e. The standard InChI is InChI=1S/C42H71NO4/c1-13-43(12)25-24-42-19-16-29(28(2)3)35(42)30-14-15-31-39(9,38(30,8)21-23-42)20-22-41(11)37(6,7)32(17-18-40(31,41)10)47-34(46)27-36(4,5)26-33(44)45/h29-32,35H,2,13-27H2,1,3-12H3,(H,44,45)/t29?,30-,31?,32+,35?,38-,39-,40-,41?,42-/m1/s1. The van der Waals surface area contributed by atoms with Gasteiger partial charge in [0.25, 0.3) is 0 Å². The first kappa shape index (κ1) is 36.9. The third-order valence-corrected chi connectivity index (χ3v) is 17.3. The predicted molar refractivity (Wildman–Crippen MR) is 192 cm³/mol. The molecule has 5 aliphatic rings. The van der Waals surface area contributed by atoms with E-state index in [2.05, 4.69) is 73.9 Å². The minimum Gasteiger partial charge on any atom is -0.481 e. The zero-order chi connectivity index (χ0) is 35.0. The summed E-state index contributed by atoms with van der Waals surface area (Å²) in [5, 5.41) is 9.35. The highest BCUT2D eigenvalue weighted by atomic mass is 16.5. The Morgan fingerprint density at radius 2 is 1.53 bits per heavy atom. The van der Waals surface area contributed by atoms with Gasteiger partial charge in [-0.25, -0.2) is 0 Å². The number of rotatable bonds is 10. The van der Waals surface area contributed by atoms with Crippen LogP contribution in [0, 0.1) is 61.6 Å². The average Bonchev–Trinajstić information content (AvgIpc) is 3.35. The van der Waals surface area contributed by atoms with Crippen LogP contribution in [0.1, 0.15) is 153 Å². The molecule has 5 aliphatic carbocycles. The molecule has 0 heterocycles. The summed E-state index contributed by atoms with van der Waals surface area (Å²) in [6.45, 7) is 30.7. The van der Waals surface area contributed by atoms with Crippen molar-refractivity contribution in [3.8, 4) is 0 Å². The molecule has 0 bridgehead atoms. The van der Waals surface area contributed by atoms with Gasteiger partial charge >= 0.3 is 11.9 Å². The molecule has 1 N–H and O–H groups in total. The monoisotopic (exact) mass is 654 g/mol. The second-order valence-electron chi connectivity index (χ2n) is 20.0. The van der Waals surface area contributed by atoms with E-state index in [1.54, 1.807) is 0 Å². The molecule has 0 amide bonds. The van der Waals surface area contributed by atoms with Gasteiger partial charge in [0.2, 0.25) is 0 Å². The third kappa shape index (κ3) is 5.58. The Hall–Kier alpha value is -1.36. The van der Waals surface area contributed by atoms with Gasteiger partial charge in [-0.15, -0.1) is 0 Å².